The van der Waals surface area contributed by atoms with Crippen molar-refractivity contribution in [3.05, 3.63) is 0 Å². The Kier molecular flexibility index (Phi) is 7.11. The van der Waals surface area contributed by atoms with Crippen LogP contribution in [0.2, 0.25) is 0 Å². The minimum Gasteiger partial charge on any atom is -0.391 e. The van der Waals surface area contributed by atoms with E-state index < -0.39 is 6.10 Å². The first-order valence-electron chi connectivity index (χ1n) is 6.56. The van der Waals surface area contributed by atoms with Crippen LogP contribution in [-0.4, -0.2) is 63.1 Å². The topological polar surface area (TPSA) is 57.2 Å². The molecule has 108 valence electrons. The Bertz CT molecular complexity index is 221. The molecule has 1 heterocycles. The first-order chi connectivity index (χ1) is 8.54. The molecule has 5 heteroatoms. The maximum atomic E-state index is 9.22. The Labute approximate surface area is 109 Å². The molecule has 0 aromatic heterocycles. The summed E-state index contributed by atoms with van der Waals surface area (Å²) < 4.78 is 21.8. The highest BCUT2D eigenvalue weighted by Crippen LogP contribution is 2.20. The molecule has 1 saturated heterocycles. The van der Waals surface area contributed by atoms with E-state index >= 15 is 0 Å². The Balaban J connectivity index is 2.26. The summed E-state index contributed by atoms with van der Waals surface area (Å²) in [5, 5.41) is 9.22. The van der Waals surface area contributed by atoms with Crippen molar-refractivity contribution < 1.29 is 24.1 Å². The van der Waals surface area contributed by atoms with Crippen LogP contribution in [-0.2, 0) is 18.9 Å². The van der Waals surface area contributed by atoms with Gasteiger partial charge in [-0.25, -0.2) is 0 Å². The van der Waals surface area contributed by atoms with Gasteiger partial charge in [0.25, 0.3) is 0 Å². The first-order valence-corrected chi connectivity index (χ1v) is 6.56. The lowest BCUT2D eigenvalue weighted by Gasteiger charge is -2.35. The number of hydrogen-bond donors (Lipinski definition) is 1. The fraction of sp³-hybridized carbons (Fsp3) is 1.00. The van der Waals surface area contributed by atoms with E-state index in [4.69, 9.17) is 18.9 Å². The van der Waals surface area contributed by atoms with Gasteiger partial charge in [0.15, 0.2) is 0 Å². The molecule has 5 nitrogen and oxygen atoms in total. The normalized spacial score (nSPS) is 28.5. The van der Waals surface area contributed by atoms with E-state index in [1.54, 1.807) is 14.0 Å². The van der Waals surface area contributed by atoms with Crippen molar-refractivity contribution in [2.24, 2.45) is 5.92 Å². The molecule has 1 fully saturated rings. The van der Waals surface area contributed by atoms with Crippen molar-refractivity contribution >= 4 is 0 Å². The summed E-state index contributed by atoms with van der Waals surface area (Å²) in [4.78, 5) is 0. The Morgan fingerprint density at radius 1 is 1.28 bits per heavy atom. The van der Waals surface area contributed by atoms with Crippen LogP contribution in [0.25, 0.3) is 0 Å². The molecule has 1 rings (SSSR count). The van der Waals surface area contributed by atoms with Crippen LogP contribution < -0.4 is 0 Å². The molecule has 0 amide bonds. The summed E-state index contributed by atoms with van der Waals surface area (Å²) >= 11 is 0. The maximum Gasteiger partial charge on any atom is 0.107 e. The SMILES string of the molecule is COCC(OCC(C)O)C(C)OCC1OCC1C. The Hall–Kier alpha value is -0.200. The predicted octanol–water partition coefficient (Wildman–Crippen LogP) is 0.839. The lowest BCUT2D eigenvalue weighted by molar-refractivity contribution is -0.169. The minimum atomic E-state index is -0.480. The smallest absolute Gasteiger partial charge is 0.107 e. The second kappa shape index (κ2) is 8.07. The number of aliphatic hydroxyl groups excluding tert-OH is 1. The van der Waals surface area contributed by atoms with Gasteiger partial charge < -0.3 is 24.1 Å². The molecule has 0 aliphatic carbocycles. The second-order valence-electron chi connectivity index (χ2n) is 5.06. The van der Waals surface area contributed by atoms with Gasteiger partial charge in [0.2, 0.25) is 0 Å². The summed E-state index contributed by atoms with van der Waals surface area (Å²) in [7, 11) is 1.63. The summed E-state index contributed by atoms with van der Waals surface area (Å²) in [5.41, 5.74) is 0. The van der Waals surface area contributed by atoms with Gasteiger partial charge >= 0.3 is 0 Å². The fourth-order valence-corrected chi connectivity index (χ4v) is 1.74. The molecular weight excluding hydrogens is 236 g/mol. The minimum absolute atomic E-state index is 0.0832. The second-order valence-corrected chi connectivity index (χ2v) is 5.06. The zero-order valence-corrected chi connectivity index (χ0v) is 11.8. The first kappa shape index (κ1) is 15.9. The highest BCUT2D eigenvalue weighted by atomic mass is 16.6. The average Bonchev–Trinajstić information content (AvgIpc) is 2.32. The summed E-state index contributed by atoms with van der Waals surface area (Å²) in [6.07, 6.45) is -0.529. The van der Waals surface area contributed by atoms with Crippen LogP contribution in [0.3, 0.4) is 0 Å². The van der Waals surface area contributed by atoms with Crippen molar-refractivity contribution in [3.8, 4) is 0 Å². The van der Waals surface area contributed by atoms with Crippen LogP contribution in [0, 0.1) is 5.92 Å². The third kappa shape index (κ3) is 5.20. The summed E-state index contributed by atoms with van der Waals surface area (Å²) in [6, 6.07) is 0. The van der Waals surface area contributed by atoms with E-state index in [0.717, 1.165) is 6.61 Å². The van der Waals surface area contributed by atoms with E-state index in [-0.39, 0.29) is 24.9 Å². The van der Waals surface area contributed by atoms with Crippen molar-refractivity contribution in [3.63, 3.8) is 0 Å². The molecule has 0 saturated carbocycles. The van der Waals surface area contributed by atoms with Gasteiger partial charge in [-0.05, 0) is 13.8 Å². The number of ether oxygens (including phenoxy) is 4. The molecule has 0 radical (unpaired) electrons. The lowest BCUT2D eigenvalue weighted by Crippen LogP contribution is -2.44. The molecule has 5 unspecified atom stereocenters. The van der Waals surface area contributed by atoms with Gasteiger partial charge in [-0.1, -0.05) is 6.92 Å². The van der Waals surface area contributed by atoms with E-state index in [0.29, 0.717) is 19.1 Å². The standard InChI is InChI=1S/C13H26O5/c1-9-5-17-12(9)8-16-11(3)13(7-15-4)18-6-10(2)14/h9-14H,5-8H2,1-4H3. The van der Waals surface area contributed by atoms with Crippen LogP contribution in [0.4, 0.5) is 0 Å². The van der Waals surface area contributed by atoms with Crippen LogP contribution in [0.1, 0.15) is 20.8 Å². The van der Waals surface area contributed by atoms with Crippen molar-refractivity contribution in [1.82, 2.24) is 0 Å². The molecule has 0 aromatic carbocycles. The zero-order chi connectivity index (χ0) is 13.5. The molecule has 5 atom stereocenters. The van der Waals surface area contributed by atoms with Crippen LogP contribution in [0.15, 0.2) is 0 Å². The molecule has 18 heavy (non-hydrogen) atoms. The molecule has 0 aromatic rings. The quantitative estimate of drug-likeness (QED) is 0.667. The van der Waals surface area contributed by atoms with Crippen molar-refractivity contribution in [1.29, 1.82) is 0 Å². The van der Waals surface area contributed by atoms with E-state index in [2.05, 4.69) is 6.92 Å². The van der Waals surface area contributed by atoms with Gasteiger partial charge in [-0.3, -0.25) is 0 Å². The van der Waals surface area contributed by atoms with Gasteiger partial charge in [0.1, 0.15) is 6.10 Å². The highest BCUT2D eigenvalue weighted by molar-refractivity contribution is 4.76. The van der Waals surface area contributed by atoms with Gasteiger partial charge in [-0.15, -0.1) is 0 Å². The molecule has 0 spiro atoms. The van der Waals surface area contributed by atoms with Crippen LogP contribution >= 0.6 is 0 Å². The zero-order valence-electron chi connectivity index (χ0n) is 11.8. The van der Waals surface area contributed by atoms with Crippen molar-refractivity contribution in [2.75, 3.05) is 33.5 Å². The molecular formula is C13H26O5. The predicted molar refractivity (Wildman–Crippen MR) is 67.6 cm³/mol. The molecule has 1 aliphatic rings. The van der Waals surface area contributed by atoms with E-state index in [9.17, 15) is 5.11 Å². The Morgan fingerprint density at radius 2 is 2.00 bits per heavy atom. The number of rotatable bonds is 9. The molecule has 1 aliphatic heterocycles. The third-order valence-corrected chi connectivity index (χ3v) is 3.14. The average molecular weight is 262 g/mol. The number of hydrogen-bond acceptors (Lipinski definition) is 5. The third-order valence-electron chi connectivity index (χ3n) is 3.14. The fourth-order valence-electron chi connectivity index (χ4n) is 1.74. The summed E-state index contributed by atoms with van der Waals surface area (Å²) in [6.45, 7) is 7.95. The molecule has 0 bridgehead atoms. The van der Waals surface area contributed by atoms with Gasteiger partial charge in [0.05, 0.1) is 44.7 Å². The Morgan fingerprint density at radius 3 is 2.44 bits per heavy atom. The maximum absolute atomic E-state index is 9.22. The van der Waals surface area contributed by atoms with Gasteiger partial charge in [0, 0.05) is 13.0 Å². The summed E-state index contributed by atoms with van der Waals surface area (Å²) in [5.74, 6) is 0.566. The lowest BCUT2D eigenvalue weighted by atomic mass is 10.0. The number of methoxy groups -OCH3 is 1. The van der Waals surface area contributed by atoms with Gasteiger partial charge in [-0.2, -0.15) is 0 Å². The van der Waals surface area contributed by atoms with E-state index in [1.165, 1.54) is 0 Å². The molecule has 1 N–H and O–H groups in total. The van der Waals surface area contributed by atoms with Crippen LogP contribution in [0.5, 0.6) is 0 Å². The van der Waals surface area contributed by atoms with E-state index in [1.807, 2.05) is 6.92 Å². The highest BCUT2D eigenvalue weighted by Gasteiger charge is 2.29. The largest absolute Gasteiger partial charge is 0.391 e. The van der Waals surface area contributed by atoms with Crippen molar-refractivity contribution in [2.45, 2.75) is 45.2 Å². The number of aliphatic hydroxyl groups is 1. The monoisotopic (exact) mass is 262 g/mol.